The summed E-state index contributed by atoms with van der Waals surface area (Å²) in [6.45, 7) is 4.89. The lowest BCUT2D eigenvalue weighted by Crippen LogP contribution is -2.49. The minimum atomic E-state index is -0.832. The Morgan fingerprint density at radius 3 is 2.60 bits per heavy atom. The Hall–Kier alpha value is -1.79. The molecule has 1 fully saturated rings. The van der Waals surface area contributed by atoms with E-state index < -0.39 is 12.1 Å². The van der Waals surface area contributed by atoms with E-state index in [1.54, 1.807) is 30.0 Å². The highest BCUT2D eigenvalue weighted by molar-refractivity contribution is 6.30. The molecule has 1 aromatic carbocycles. The maximum Gasteiger partial charge on any atom is 0.317 e. The number of amides is 1. The second kappa shape index (κ2) is 8.54. The Bertz CT molecular complexity index is 630. The third-order valence-electron chi connectivity index (χ3n) is 4.57. The SMILES string of the molecule is Cc1cc(Cl)ccc1OC(C)C(=O)N1CCC(N(C)CC(=O)O)CC1. The van der Waals surface area contributed by atoms with E-state index >= 15 is 0 Å². The summed E-state index contributed by atoms with van der Waals surface area (Å²) in [5.41, 5.74) is 0.890. The molecule has 1 aliphatic rings. The van der Waals surface area contributed by atoms with Crippen LogP contribution < -0.4 is 4.74 Å². The molecule has 1 atom stereocenters. The Balaban J connectivity index is 1.88. The number of aryl methyl sites for hydroxylation is 1. The first-order valence-electron chi connectivity index (χ1n) is 8.41. The fourth-order valence-corrected chi connectivity index (χ4v) is 3.34. The molecule has 1 aliphatic heterocycles. The van der Waals surface area contributed by atoms with Gasteiger partial charge in [0.2, 0.25) is 0 Å². The van der Waals surface area contributed by atoms with Crippen molar-refractivity contribution in [2.24, 2.45) is 0 Å². The first-order chi connectivity index (χ1) is 11.8. The van der Waals surface area contributed by atoms with E-state index in [1.807, 2.05) is 18.9 Å². The quantitative estimate of drug-likeness (QED) is 0.835. The van der Waals surface area contributed by atoms with Crippen molar-refractivity contribution in [1.29, 1.82) is 0 Å². The smallest absolute Gasteiger partial charge is 0.317 e. The molecule has 138 valence electrons. The molecular weight excluding hydrogens is 344 g/mol. The number of carboxylic acids is 1. The van der Waals surface area contributed by atoms with Crippen LogP contribution in [-0.2, 0) is 9.59 Å². The van der Waals surface area contributed by atoms with Crippen molar-refractivity contribution < 1.29 is 19.4 Å². The zero-order valence-corrected chi connectivity index (χ0v) is 15.6. The second-order valence-corrected chi connectivity index (χ2v) is 6.97. The number of benzene rings is 1. The fourth-order valence-electron chi connectivity index (χ4n) is 3.11. The number of carbonyl (C=O) groups excluding carboxylic acids is 1. The summed E-state index contributed by atoms with van der Waals surface area (Å²) in [5.74, 6) is -0.226. The van der Waals surface area contributed by atoms with Gasteiger partial charge in [0.1, 0.15) is 5.75 Å². The average Bonchev–Trinajstić information content (AvgIpc) is 2.56. The van der Waals surface area contributed by atoms with Gasteiger partial charge in [-0.15, -0.1) is 0 Å². The van der Waals surface area contributed by atoms with E-state index in [0.717, 1.165) is 18.4 Å². The Kier molecular flexibility index (Phi) is 6.67. The number of ether oxygens (including phenoxy) is 1. The normalized spacial score (nSPS) is 16.8. The summed E-state index contributed by atoms with van der Waals surface area (Å²) in [4.78, 5) is 27.0. The van der Waals surface area contributed by atoms with Crippen molar-refractivity contribution in [3.8, 4) is 5.75 Å². The van der Waals surface area contributed by atoms with Crippen molar-refractivity contribution >= 4 is 23.5 Å². The molecule has 0 radical (unpaired) electrons. The predicted octanol–water partition coefficient (Wildman–Crippen LogP) is 2.42. The Morgan fingerprint density at radius 1 is 1.40 bits per heavy atom. The van der Waals surface area contributed by atoms with Crippen molar-refractivity contribution in [3.05, 3.63) is 28.8 Å². The monoisotopic (exact) mass is 368 g/mol. The van der Waals surface area contributed by atoms with Crippen LogP contribution in [0.3, 0.4) is 0 Å². The topological polar surface area (TPSA) is 70.1 Å². The van der Waals surface area contributed by atoms with Gasteiger partial charge < -0.3 is 14.7 Å². The molecule has 7 heteroatoms. The van der Waals surface area contributed by atoms with E-state index in [1.165, 1.54) is 0 Å². The van der Waals surface area contributed by atoms with Crippen LogP contribution in [-0.4, -0.2) is 65.6 Å². The first-order valence-corrected chi connectivity index (χ1v) is 8.79. The molecule has 6 nitrogen and oxygen atoms in total. The maximum atomic E-state index is 12.6. The summed E-state index contributed by atoms with van der Waals surface area (Å²) in [7, 11) is 1.81. The summed E-state index contributed by atoms with van der Waals surface area (Å²) in [5, 5.41) is 9.51. The first kappa shape index (κ1) is 19.5. The number of likely N-dealkylation sites (N-methyl/N-ethyl adjacent to an activating group) is 1. The summed E-state index contributed by atoms with van der Waals surface area (Å²) in [6, 6.07) is 5.51. The lowest BCUT2D eigenvalue weighted by atomic mass is 10.0. The fraction of sp³-hybridized carbons (Fsp3) is 0.556. The van der Waals surface area contributed by atoms with E-state index in [4.69, 9.17) is 21.4 Å². The molecular formula is C18H25ClN2O4. The maximum absolute atomic E-state index is 12.6. The summed E-state index contributed by atoms with van der Waals surface area (Å²) < 4.78 is 5.80. The zero-order valence-electron chi connectivity index (χ0n) is 14.9. The number of hydrogen-bond donors (Lipinski definition) is 1. The van der Waals surface area contributed by atoms with Crippen molar-refractivity contribution in [2.45, 2.75) is 38.8 Å². The third-order valence-corrected chi connectivity index (χ3v) is 4.81. The van der Waals surface area contributed by atoms with Crippen molar-refractivity contribution in [1.82, 2.24) is 9.80 Å². The van der Waals surface area contributed by atoms with Gasteiger partial charge in [0.15, 0.2) is 6.10 Å². The zero-order chi connectivity index (χ0) is 18.6. The molecule has 25 heavy (non-hydrogen) atoms. The van der Waals surface area contributed by atoms with Crippen LogP contribution in [0.25, 0.3) is 0 Å². The Labute approximate surface area is 153 Å². The van der Waals surface area contributed by atoms with Crippen LogP contribution in [0, 0.1) is 6.92 Å². The van der Waals surface area contributed by atoms with Gasteiger partial charge in [-0.3, -0.25) is 14.5 Å². The van der Waals surface area contributed by atoms with Gasteiger partial charge >= 0.3 is 5.97 Å². The Morgan fingerprint density at radius 2 is 2.04 bits per heavy atom. The van der Waals surface area contributed by atoms with E-state index in [9.17, 15) is 9.59 Å². The number of carboxylic acid groups (broad SMARTS) is 1. The van der Waals surface area contributed by atoms with E-state index in [0.29, 0.717) is 23.9 Å². The van der Waals surface area contributed by atoms with Crippen molar-refractivity contribution in [3.63, 3.8) is 0 Å². The average molecular weight is 369 g/mol. The van der Waals surface area contributed by atoms with Crippen LogP contribution in [0.4, 0.5) is 0 Å². The lowest BCUT2D eigenvalue weighted by Gasteiger charge is -2.37. The molecule has 0 aliphatic carbocycles. The molecule has 1 N–H and O–H groups in total. The molecule has 1 unspecified atom stereocenters. The van der Waals surface area contributed by atoms with Gasteiger partial charge in [-0.05, 0) is 57.5 Å². The molecule has 1 amide bonds. The number of piperidine rings is 1. The van der Waals surface area contributed by atoms with Crippen LogP contribution in [0.2, 0.25) is 5.02 Å². The molecule has 2 rings (SSSR count). The lowest BCUT2D eigenvalue weighted by molar-refractivity contribution is -0.141. The number of carbonyl (C=O) groups is 2. The number of hydrogen-bond acceptors (Lipinski definition) is 4. The number of halogens is 1. The third kappa shape index (κ3) is 5.34. The highest BCUT2D eigenvalue weighted by Crippen LogP contribution is 2.24. The minimum Gasteiger partial charge on any atom is -0.481 e. The molecule has 1 aromatic rings. The molecule has 1 heterocycles. The van der Waals surface area contributed by atoms with Crippen LogP contribution in [0.5, 0.6) is 5.75 Å². The van der Waals surface area contributed by atoms with E-state index in [-0.39, 0.29) is 18.5 Å². The largest absolute Gasteiger partial charge is 0.481 e. The molecule has 0 spiro atoms. The number of aliphatic carboxylic acids is 1. The highest BCUT2D eigenvalue weighted by atomic mass is 35.5. The highest BCUT2D eigenvalue weighted by Gasteiger charge is 2.29. The van der Waals surface area contributed by atoms with Crippen LogP contribution >= 0.6 is 11.6 Å². The molecule has 1 saturated heterocycles. The molecule has 0 aromatic heterocycles. The van der Waals surface area contributed by atoms with Crippen LogP contribution in [0.15, 0.2) is 18.2 Å². The standard InChI is InChI=1S/C18H25ClN2O4/c1-12-10-14(19)4-5-16(12)25-13(2)18(24)21-8-6-15(7-9-21)20(3)11-17(22)23/h4-5,10,13,15H,6-9,11H2,1-3H3,(H,22,23). The van der Waals surface area contributed by atoms with Crippen molar-refractivity contribution in [2.75, 3.05) is 26.7 Å². The second-order valence-electron chi connectivity index (χ2n) is 6.54. The van der Waals surface area contributed by atoms with Gasteiger partial charge in [-0.25, -0.2) is 0 Å². The number of nitrogens with zero attached hydrogens (tertiary/aromatic N) is 2. The number of rotatable bonds is 6. The van der Waals surface area contributed by atoms with E-state index in [2.05, 4.69) is 0 Å². The predicted molar refractivity (Wildman–Crippen MR) is 96.1 cm³/mol. The summed E-state index contributed by atoms with van der Waals surface area (Å²) >= 11 is 5.94. The van der Waals surface area contributed by atoms with Crippen LogP contribution in [0.1, 0.15) is 25.3 Å². The molecule has 0 saturated carbocycles. The van der Waals surface area contributed by atoms with Gasteiger partial charge in [0, 0.05) is 24.2 Å². The van der Waals surface area contributed by atoms with Gasteiger partial charge in [-0.2, -0.15) is 0 Å². The van der Waals surface area contributed by atoms with Gasteiger partial charge in [-0.1, -0.05) is 11.6 Å². The number of likely N-dealkylation sites (tertiary alicyclic amines) is 1. The van der Waals surface area contributed by atoms with Gasteiger partial charge in [0.25, 0.3) is 5.91 Å². The summed E-state index contributed by atoms with van der Waals surface area (Å²) in [6.07, 6.45) is 0.956. The minimum absolute atomic E-state index is 0.0218. The van der Waals surface area contributed by atoms with Gasteiger partial charge in [0.05, 0.1) is 6.54 Å². The molecule has 0 bridgehead atoms.